The minimum atomic E-state index is -0.706. The molecule has 1 N–H and O–H groups in total. The molecule has 1 aliphatic heterocycles. The minimum absolute atomic E-state index is 0.129. The van der Waals surface area contributed by atoms with Crippen LogP contribution in [0.4, 0.5) is 5.69 Å². The highest BCUT2D eigenvalue weighted by Gasteiger charge is 2.29. The first-order chi connectivity index (χ1) is 9.99. The van der Waals surface area contributed by atoms with Crippen molar-refractivity contribution in [3.05, 3.63) is 29.8 Å². The highest BCUT2D eigenvalue weighted by Crippen LogP contribution is 2.29. The average molecular weight is 308 g/mol. The van der Waals surface area contributed by atoms with Crippen molar-refractivity contribution in [3.8, 4) is 0 Å². The fourth-order valence-corrected chi connectivity index (χ4v) is 3.89. The summed E-state index contributed by atoms with van der Waals surface area (Å²) in [7, 11) is 4.06. The molecular weight excluding hydrogens is 284 g/mol. The fraction of sp³-hybridized carbons (Fsp3) is 0.562. The second-order valence-corrected chi connectivity index (χ2v) is 6.88. The van der Waals surface area contributed by atoms with Crippen molar-refractivity contribution in [1.29, 1.82) is 0 Å². The van der Waals surface area contributed by atoms with Gasteiger partial charge in [-0.2, -0.15) is 11.8 Å². The van der Waals surface area contributed by atoms with Gasteiger partial charge in [0, 0.05) is 49.9 Å². The Kier molecular flexibility index (Phi) is 5.53. The second-order valence-electron chi connectivity index (χ2n) is 5.73. The summed E-state index contributed by atoms with van der Waals surface area (Å²) in [5.74, 6) is 1.28. The molecule has 116 valence electrons. The van der Waals surface area contributed by atoms with Gasteiger partial charge in [0.25, 0.3) is 0 Å². The molecule has 0 amide bonds. The maximum atomic E-state index is 11.1. The van der Waals surface area contributed by atoms with Crippen LogP contribution in [0.5, 0.6) is 0 Å². The Morgan fingerprint density at radius 1 is 1.43 bits per heavy atom. The zero-order valence-electron chi connectivity index (χ0n) is 13.0. The van der Waals surface area contributed by atoms with Crippen molar-refractivity contribution in [2.75, 3.05) is 37.0 Å². The first-order valence-electron chi connectivity index (χ1n) is 7.31. The molecule has 0 aliphatic carbocycles. The Morgan fingerprint density at radius 3 is 2.67 bits per heavy atom. The van der Waals surface area contributed by atoms with Crippen LogP contribution in [0.15, 0.2) is 24.3 Å². The van der Waals surface area contributed by atoms with Crippen LogP contribution in [-0.4, -0.2) is 54.2 Å². The summed E-state index contributed by atoms with van der Waals surface area (Å²) in [5.41, 5.74) is 2.44. The maximum absolute atomic E-state index is 11.1. The van der Waals surface area contributed by atoms with Gasteiger partial charge in [-0.1, -0.05) is 12.1 Å². The number of nitrogens with zero attached hydrogens (tertiary/aromatic N) is 2. The largest absolute Gasteiger partial charge is 0.481 e. The van der Waals surface area contributed by atoms with E-state index in [2.05, 4.69) is 41.0 Å². The lowest BCUT2D eigenvalue weighted by Gasteiger charge is -2.39. The van der Waals surface area contributed by atoms with Gasteiger partial charge in [-0.25, -0.2) is 0 Å². The molecule has 2 atom stereocenters. The van der Waals surface area contributed by atoms with Crippen molar-refractivity contribution in [3.63, 3.8) is 0 Å². The molecule has 21 heavy (non-hydrogen) atoms. The molecule has 4 nitrogen and oxygen atoms in total. The van der Waals surface area contributed by atoms with Crippen molar-refractivity contribution in [2.24, 2.45) is 0 Å². The van der Waals surface area contributed by atoms with Crippen molar-refractivity contribution in [1.82, 2.24) is 4.90 Å². The summed E-state index contributed by atoms with van der Waals surface area (Å²) in [6.07, 6.45) is 0.229. The van der Waals surface area contributed by atoms with Gasteiger partial charge in [0.2, 0.25) is 0 Å². The van der Waals surface area contributed by atoms with E-state index in [0.29, 0.717) is 0 Å². The van der Waals surface area contributed by atoms with Gasteiger partial charge in [-0.3, -0.25) is 9.69 Å². The Labute approximate surface area is 131 Å². The highest BCUT2D eigenvalue weighted by molar-refractivity contribution is 7.99. The molecule has 1 aromatic rings. The minimum Gasteiger partial charge on any atom is -0.481 e. The Morgan fingerprint density at radius 2 is 2.10 bits per heavy atom. The van der Waals surface area contributed by atoms with Gasteiger partial charge in [-0.15, -0.1) is 0 Å². The molecule has 0 aromatic heterocycles. The van der Waals surface area contributed by atoms with Gasteiger partial charge < -0.3 is 10.0 Å². The van der Waals surface area contributed by atoms with E-state index < -0.39 is 5.97 Å². The van der Waals surface area contributed by atoms with Crippen LogP contribution < -0.4 is 4.90 Å². The van der Waals surface area contributed by atoms with Crippen LogP contribution in [0.25, 0.3) is 0 Å². The summed E-state index contributed by atoms with van der Waals surface area (Å²) in [4.78, 5) is 15.5. The summed E-state index contributed by atoms with van der Waals surface area (Å²) in [6.45, 7) is 3.13. The third kappa shape index (κ3) is 4.14. The lowest BCUT2D eigenvalue weighted by atomic mass is 10.0. The predicted molar refractivity (Wildman–Crippen MR) is 89.3 cm³/mol. The molecular formula is C16H24N2O2S. The lowest BCUT2D eigenvalue weighted by molar-refractivity contribution is -0.138. The van der Waals surface area contributed by atoms with E-state index in [1.165, 1.54) is 11.3 Å². The Balaban J connectivity index is 2.12. The first kappa shape index (κ1) is 16.2. The lowest BCUT2D eigenvalue weighted by Crippen LogP contribution is -2.44. The van der Waals surface area contributed by atoms with E-state index in [1.54, 1.807) is 0 Å². The van der Waals surface area contributed by atoms with E-state index >= 15 is 0 Å². The number of hydrogen-bond donors (Lipinski definition) is 1. The summed E-state index contributed by atoms with van der Waals surface area (Å²) in [6, 6.07) is 8.93. The molecule has 1 fully saturated rings. The number of hydrogen-bond acceptors (Lipinski definition) is 4. The van der Waals surface area contributed by atoms with E-state index in [-0.39, 0.29) is 18.5 Å². The Bertz CT molecular complexity index is 476. The number of carboxylic acids is 1. The van der Waals surface area contributed by atoms with Crippen molar-refractivity contribution >= 4 is 23.4 Å². The number of carboxylic acid groups (broad SMARTS) is 1. The highest BCUT2D eigenvalue weighted by atomic mass is 32.2. The van der Waals surface area contributed by atoms with Crippen LogP contribution in [0.3, 0.4) is 0 Å². The molecule has 1 aliphatic rings. The van der Waals surface area contributed by atoms with Gasteiger partial charge in [0.05, 0.1) is 6.42 Å². The van der Waals surface area contributed by atoms with E-state index in [4.69, 9.17) is 5.11 Å². The molecule has 0 bridgehead atoms. The van der Waals surface area contributed by atoms with Gasteiger partial charge in [0.1, 0.15) is 0 Å². The molecule has 0 saturated carbocycles. The molecule has 0 radical (unpaired) electrons. The van der Waals surface area contributed by atoms with Crippen LogP contribution in [0.2, 0.25) is 0 Å². The van der Waals surface area contributed by atoms with Crippen LogP contribution in [-0.2, 0) is 4.79 Å². The third-order valence-corrected chi connectivity index (χ3v) is 5.16. The smallest absolute Gasteiger partial charge is 0.304 e. The number of aliphatic carboxylic acids is 1. The molecule has 5 heteroatoms. The molecule has 1 aromatic carbocycles. The van der Waals surface area contributed by atoms with Crippen molar-refractivity contribution in [2.45, 2.75) is 25.4 Å². The zero-order valence-corrected chi connectivity index (χ0v) is 13.8. The van der Waals surface area contributed by atoms with Gasteiger partial charge in [0.15, 0.2) is 0 Å². The number of carbonyl (C=O) groups is 1. The predicted octanol–water partition coefficient (Wildman–Crippen LogP) is 2.71. The van der Waals surface area contributed by atoms with E-state index in [1.807, 2.05) is 25.9 Å². The zero-order chi connectivity index (χ0) is 15.4. The van der Waals surface area contributed by atoms with Crippen LogP contribution in [0, 0.1) is 0 Å². The molecule has 1 heterocycles. The standard InChI is InChI=1S/C16H24N2O2S/c1-12(13-4-6-14(7-5-13)17(2)3)18-8-9-21-11-15(18)10-16(19)20/h4-7,12,15H,8-11H2,1-3H3,(H,19,20). The second kappa shape index (κ2) is 7.18. The molecule has 1 saturated heterocycles. The molecule has 2 rings (SSSR count). The summed E-state index contributed by atoms with van der Waals surface area (Å²) in [5, 5.41) is 9.09. The number of anilines is 1. The quantitative estimate of drug-likeness (QED) is 0.906. The topological polar surface area (TPSA) is 43.8 Å². The number of benzene rings is 1. The number of thioether (sulfide) groups is 1. The maximum Gasteiger partial charge on any atom is 0.304 e. The molecule has 2 unspecified atom stereocenters. The first-order valence-corrected chi connectivity index (χ1v) is 8.47. The SMILES string of the molecule is CC(c1ccc(N(C)C)cc1)N1CCSCC1CC(=O)O. The fourth-order valence-electron chi connectivity index (χ4n) is 2.80. The molecule has 0 spiro atoms. The Hall–Kier alpha value is -1.20. The monoisotopic (exact) mass is 308 g/mol. The summed E-state index contributed by atoms with van der Waals surface area (Å²) < 4.78 is 0. The van der Waals surface area contributed by atoms with Crippen LogP contribution >= 0.6 is 11.8 Å². The van der Waals surface area contributed by atoms with E-state index in [0.717, 1.165) is 18.1 Å². The van der Waals surface area contributed by atoms with Gasteiger partial charge in [-0.05, 0) is 24.6 Å². The summed E-state index contributed by atoms with van der Waals surface area (Å²) >= 11 is 1.86. The van der Waals surface area contributed by atoms with Crippen LogP contribution in [0.1, 0.15) is 24.9 Å². The third-order valence-electron chi connectivity index (χ3n) is 4.07. The van der Waals surface area contributed by atoms with Crippen molar-refractivity contribution < 1.29 is 9.90 Å². The average Bonchev–Trinajstić information content (AvgIpc) is 2.46. The van der Waals surface area contributed by atoms with E-state index in [9.17, 15) is 4.79 Å². The number of rotatable bonds is 5. The van der Waals surface area contributed by atoms with Gasteiger partial charge >= 0.3 is 5.97 Å². The normalized spacial score (nSPS) is 21.0.